The van der Waals surface area contributed by atoms with Crippen LogP contribution in [-0.2, 0) is 11.3 Å². The van der Waals surface area contributed by atoms with Crippen molar-refractivity contribution in [2.75, 3.05) is 20.3 Å². The lowest BCUT2D eigenvalue weighted by atomic mass is 10.1. The van der Waals surface area contributed by atoms with Crippen LogP contribution in [0.1, 0.15) is 17.5 Å². The number of aryl methyl sites for hydroxylation is 1. The fourth-order valence-electron chi connectivity index (χ4n) is 1.31. The minimum atomic E-state index is 0.458. The summed E-state index contributed by atoms with van der Waals surface area (Å²) in [4.78, 5) is 4.16. The Bertz CT molecular complexity index is 303. The van der Waals surface area contributed by atoms with E-state index in [1.165, 1.54) is 0 Å². The van der Waals surface area contributed by atoms with Crippen molar-refractivity contribution >= 4 is 0 Å². The first-order valence-corrected chi connectivity index (χ1v) is 5.06. The molecule has 0 spiro atoms. The van der Waals surface area contributed by atoms with Crippen molar-refractivity contribution in [1.82, 2.24) is 4.98 Å². The molecule has 0 aromatic carbocycles. The third-order valence-corrected chi connectivity index (χ3v) is 2.19. The van der Waals surface area contributed by atoms with E-state index < -0.39 is 0 Å². The molecule has 4 nitrogen and oxygen atoms in total. The molecule has 0 atom stereocenters. The summed E-state index contributed by atoms with van der Waals surface area (Å²) in [6.45, 7) is 3.77. The summed E-state index contributed by atoms with van der Waals surface area (Å²) < 4.78 is 10.5. The molecule has 2 N–H and O–H groups in total. The highest BCUT2D eigenvalue weighted by atomic mass is 16.5. The molecule has 0 radical (unpaired) electrons. The fourth-order valence-corrected chi connectivity index (χ4v) is 1.31. The third-order valence-electron chi connectivity index (χ3n) is 2.19. The van der Waals surface area contributed by atoms with Crippen LogP contribution in [0, 0.1) is 6.92 Å². The van der Waals surface area contributed by atoms with E-state index in [9.17, 15) is 0 Å². The summed E-state index contributed by atoms with van der Waals surface area (Å²) in [6, 6.07) is 1.93. The van der Waals surface area contributed by atoms with E-state index in [1.54, 1.807) is 13.3 Å². The summed E-state index contributed by atoms with van der Waals surface area (Å²) in [5.41, 5.74) is 7.74. The highest BCUT2D eigenvalue weighted by Gasteiger charge is 2.05. The fraction of sp³-hybridized carbons (Fsp3) is 0.545. The van der Waals surface area contributed by atoms with Gasteiger partial charge < -0.3 is 15.2 Å². The van der Waals surface area contributed by atoms with Crippen LogP contribution in [0.2, 0.25) is 0 Å². The standard InChI is InChI=1S/C11H18N2O2/c1-9-4-5-13-11(10(9)8-12)15-7-3-6-14-2/h4-5H,3,6-8,12H2,1-2H3. The van der Waals surface area contributed by atoms with Crippen LogP contribution in [0.15, 0.2) is 12.3 Å². The topological polar surface area (TPSA) is 57.4 Å². The quantitative estimate of drug-likeness (QED) is 0.718. The van der Waals surface area contributed by atoms with Crippen molar-refractivity contribution in [2.45, 2.75) is 19.9 Å². The summed E-state index contributed by atoms with van der Waals surface area (Å²) in [6.07, 6.45) is 2.59. The number of pyridine rings is 1. The van der Waals surface area contributed by atoms with Gasteiger partial charge in [0.05, 0.1) is 6.61 Å². The van der Waals surface area contributed by atoms with Gasteiger partial charge in [0.2, 0.25) is 5.88 Å². The van der Waals surface area contributed by atoms with Crippen molar-refractivity contribution in [3.63, 3.8) is 0 Å². The molecule has 0 aliphatic heterocycles. The lowest BCUT2D eigenvalue weighted by molar-refractivity contribution is 0.170. The first kappa shape index (κ1) is 11.9. The smallest absolute Gasteiger partial charge is 0.218 e. The first-order valence-electron chi connectivity index (χ1n) is 5.06. The van der Waals surface area contributed by atoms with Gasteiger partial charge in [-0.15, -0.1) is 0 Å². The molecule has 4 heteroatoms. The minimum Gasteiger partial charge on any atom is -0.477 e. The molecule has 0 aliphatic carbocycles. The number of hydrogen-bond donors (Lipinski definition) is 1. The van der Waals surface area contributed by atoms with Gasteiger partial charge in [-0.2, -0.15) is 0 Å². The Labute approximate surface area is 90.4 Å². The number of rotatable bonds is 6. The molecule has 0 saturated carbocycles. The van der Waals surface area contributed by atoms with Crippen LogP contribution in [0.3, 0.4) is 0 Å². The summed E-state index contributed by atoms with van der Waals surface area (Å²) in [5, 5.41) is 0. The maximum Gasteiger partial charge on any atom is 0.218 e. The Morgan fingerprint density at radius 2 is 2.20 bits per heavy atom. The van der Waals surface area contributed by atoms with E-state index in [0.717, 1.165) is 17.5 Å². The number of aromatic nitrogens is 1. The Morgan fingerprint density at radius 1 is 1.40 bits per heavy atom. The number of ether oxygens (including phenoxy) is 2. The highest BCUT2D eigenvalue weighted by molar-refractivity contribution is 5.33. The zero-order valence-corrected chi connectivity index (χ0v) is 9.32. The number of nitrogens with two attached hydrogens (primary N) is 1. The molecule has 0 fully saturated rings. The summed E-state index contributed by atoms with van der Waals surface area (Å²) >= 11 is 0. The zero-order valence-electron chi connectivity index (χ0n) is 9.32. The molecule has 1 heterocycles. The monoisotopic (exact) mass is 210 g/mol. The van der Waals surface area contributed by atoms with Crippen molar-refractivity contribution in [1.29, 1.82) is 0 Å². The SMILES string of the molecule is COCCCOc1nccc(C)c1CN. The molecule has 84 valence electrons. The second-order valence-electron chi connectivity index (χ2n) is 3.31. The van der Waals surface area contributed by atoms with E-state index in [1.807, 2.05) is 13.0 Å². The van der Waals surface area contributed by atoms with Gasteiger partial charge in [0, 0.05) is 38.4 Å². The predicted octanol–water partition coefficient (Wildman–Crippen LogP) is 1.26. The Balaban J connectivity index is 2.56. The Hall–Kier alpha value is -1.13. The Morgan fingerprint density at radius 3 is 2.87 bits per heavy atom. The van der Waals surface area contributed by atoms with E-state index >= 15 is 0 Å². The molecule has 1 aromatic heterocycles. The molecule has 1 aromatic rings. The van der Waals surface area contributed by atoms with Gasteiger partial charge in [0.15, 0.2) is 0 Å². The van der Waals surface area contributed by atoms with Gasteiger partial charge >= 0.3 is 0 Å². The Kier molecular flexibility index (Phi) is 5.07. The van der Waals surface area contributed by atoms with Crippen LogP contribution in [0.4, 0.5) is 0 Å². The van der Waals surface area contributed by atoms with E-state index in [-0.39, 0.29) is 0 Å². The summed E-state index contributed by atoms with van der Waals surface area (Å²) in [7, 11) is 1.68. The number of methoxy groups -OCH3 is 1. The minimum absolute atomic E-state index is 0.458. The van der Waals surface area contributed by atoms with E-state index in [0.29, 0.717) is 25.6 Å². The maximum atomic E-state index is 5.64. The van der Waals surface area contributed by atoms with Crippen molar-refractivity contribution < 1.29 is 9.47 Å². The van der Waals surface area contributed by atoms with Gasteiger partial charge in [0.1, 0.15) is 0 Å². The van der Waals surface area contributed by atoms with Crippen LogP contribution in [-0.4, -0.2) is 25.3 Å². The lowest BCUT2D eigenvalue weighted by Crippen LogP contribution is -2.08. The van der Waals surface area contributed by atoms with Crippen molar-refractivity contribution in [3.05, 3.63) is 23.4 Å². The predicted molar refractivity (Wildman–Crippen MR) is 58.9 cm³/mol. The lowest BCUT2D eigenvalue weighted by Gasteiger charge is -2.10. The van der Waals surface area contributed by atoms with Gasteiger partial charge in [-0.05, 0) is 18.6 Å². The number of nitrogens with zero attached hydrogens (tertiary/aromatic N) is 1. The molecule has 0 unspecified atom stereocenters. The largest absolute Gasteiger partial charge is 0.477 e. The molecule has 15 heavy (non-hydrogen) atoms. The van der Waals surface area contributed by atoms with E-state index in [2.05, 4.69) is 4.98 Å². The molecule has 0 bridgehead atoms. The van der Waals surface area contributed by atoms with Crippen molar-refractivity contribution in [3.8, 4) is 5.88 Å². The molecule has 0 aliphatic rings. The third kappa shape index (κ3) is 3.49. The van der Waals surface area contributed by atoms with Crippen LogP contribution in [0.5, 0.6) is 5.88 Å². The van der Waals surface area contributed by atoms with Crippen molar-refractivity contribution in [2.24, 2.45) is 5.73 Å². The van der Waals surface area contributed by atoms with Gasteiger partial charge in [0.25, 0.3) is 0 Å². The maximum absolute atomic E-state index is 5.64. The summed E-state index contributed by atoms with van der Waals surface area (Å²) in [5.74, 6) is 0.647. The molecular weight excluding hydrogens is 192 g/mol. The van der Waals surface area contributed by atoms with Crippen LogP contribution in [0.25, 0.3) is 0 Å². The zero-order chi connectivity index (χ0) is 11.1. The van der Waals surface area contributed by atoms with Gasteiger partial charge in [-0.25, -0.2) is 4.98 Å². The molecule has 0 amide bonds. The molecule has 1 rings (SSSR count). The highest BCUT2D eigenvalue weighted by Crippen LogP contribution is 2.18. The number of hydrogen-bond acceptors (Lipinski definition) is 4. The average molecular weight is 210 g/mol. The molecule has 0 saturated heterocycles. The van der Waals surface area contributed by atoms with Gasteiger partial charge in [-0.3, -0.25) is 0 Å². The van der Waals surface area contributed by atoms with Gasteiger partial charge in [-0.1, -0.05) is 0 Å². The first-order chi connectivity index (χ1) is 7.29. The van der Waals surface area contributed by atoms with Crippen LogP contribution >= 0.6 is 0 Å². The normalized spacial score (nSPS) is 10.3. The molecular formula is C11H18N2O2. The second-order valence-corrected chi connectivity index (χ2v) is 3.31. The van der Waals surface area contributed by atoms with Crippen LogP contribution < -0.4 is 10.5 Å². The van der Waals surface area contributed by atoms with E-state index in [4.69, 9.17) is 15.2 Å². The second kappa shape index (κ2) is 6.37. The average Bonchev–Trinajstić information content (AvgIpc) is 2.24.